The normalized spacial score (nSPS) is 15.6. The maximum Gasteiger partial charge on any atom is 0.186 e. The van der Waals surface area contributed by atoms with Crippen molar-refractivity contribution in [1.29, 1.82) is 0 Å². The number of benzene rings is 1. The summed E-state index contributed by atoms with van der Waals surface area (Å²) in [7, 11) is 0. The van der Waals surface area contributed by atoms with E-state index in [9.17, 15) is 0 Å². The molecule has 92 valence electrons. The molecule has 0 unspecified atom stereocenters. The predicted molar refractivity (Wildman–Crippen MR) is 69.0 cm³/mol. The molecule has 1 fully saturated rings. The van der Waals surface area contributed by atoms with Crippen LogP contribution in [0, 0.1) is 0 Å². The monoisotopic (exact) mass is 234 g/mol. The van der Waals surface area contributed by atoms with Crippen molar-refractivity contribution in [3.63, 3.8) is 0 Å². The van der Waals surface area contributed by atoms with Gasteiger partial charge in [-0.2, -0.15) is 0 Å². The first kappa shape index (κ1) is 11.7. The molecule has 1 aliphatic heterocycles. The highest BCUT2D eigenvalue weighted by Gasteiger charge is 2.10. The lowest BCUT2D eigenvalue weighted by Gasteiger charge is -2.28. The van der Waals surface area contributed by atoms with Gasteiger partial charge in [0.25, 0.3) is 0 Å². The van der Waals surface area contributed by atoms with Gasteiger partial charge in [-0.3, -0.25) is 0 Å². The van der Waals surface area contributed by atoms with Crippen molar-refractivity contribution in [2.24, 2.45) is 16.5 Å². The first-order valence-corrected chi connectivity index (χ1v) is 5.73. The third-order valence-electron chi connectivity index (χ3n) is 2.76. The van der Waals surface area contributed by atoms with Crippen LogP contribution in [0.25, 0.3) is 0 Å². The van der Waals surface area contributed by atoms with Gasteiger partial charge in [0.15, 0.2) is 5.96 Å². The average molecular weight is 234 g/mol. The van der Waals surface area contributed by atoms with Crippen LogP contribution in [0.1, 0.15) is 5.56 Å². The minimum atomic E-state index is 0.127. The molecule has 5 heteroatoms. The summed E-state index contributed by atoms with van der Waals surface area (Å²) in [5, 5.41) is 0. The number of nitrogens with zero attached hydrogens (tertiary/aromatic N) is 2. The molecule has 0 bridgehead atoms. The fourth-order valence-corrected chi connectivity index (χ4v) is 1.82. The van der Waals surface area contributed by atoms with Crippen molar-refractivity contribution in [3.05, 3.63) is 29.8 Å². The van der Waals surface area contributed by atoms with Crippen LogP contribution in [0.5, 0.6) is 0 Å². The molecule has 17 heavy (non-hydrogen) atoms. The Morgan fingerprint density at radius 2 is 1.82 bits per heavy atom. The van der Waals surface area contributed by atoms with Crippen molar-refractivity contribution in [3.8, 4) is 0 Å². The largest absolute Gasteiger partial charge is 0.378 e. The lowest BCUT2D eigenvalue weighted by atomic mass is 10.2. The molecular weight excluding hydrogens is 216 g/mol. The van der Waals surface area contributed by atoms with Gasteiger partial charge in [0.05, 0.1) is 19.8 Å². The van der Waals surface area contributed by atoms with E-state index in [4.69, 9.17) is 16.2 Å². The van der Waals surface area contributed by atoms with Crippen molar-refractivity contribution in [2.75, 3.05) is 31.2 Å². The standard InChI is InChI=1S/C12H18N4O/c13-12(14)15-9-10-1-3-11(4-2-10)16-5-7-17-8-6-16/h1-4H,5-9H2,(H4,13,14,15). The molecule has 0 atom stereocenters. The number of guanidine groups is 1. The van der Waals surface area contributed by atoms with Gasteiger partial charge >= 0.3 is 0 Å². The van der Waals surface area contributed by atoms with Crippen molar-refractivity contribution in [1.82, 2.24) is 0 Å². The topological polar surface area (TPSA) is 76.9 Å². The Bertz CT molecular complexity index is 378. The first-order valence-electron chi connectivity index (χ1n) is 5.73. The van der Waals surface area contributed by atoms with E-state index in [-0.39, 0.29) is 5.96 Å². The number of morpholine rings is 1. The number of ether oxygens (including phenoxy) is 1. The van der Waals surface area contributed by atoms with Crippen LogP contribution >= 0.6 is 0 Å². The maximum absolute atomic E-state index is 5.32. The molecule has 0 aromatic heterocycles. The van der Waals surface area contributed by atoms with E-state index in [1.165, 1.54) is 5.69 Å². The predicted octanol–water partition coefficient (Wildman–Crippen LogP) is 0.297. The Labute approximate surface area is 101 Å². The van der Waals surface area contributed by atoms with Gasteiger partial charge in [0.1, 0.15) is 0 Å². The molecule has 1 heterocycles. The Morgan fingerprint density at radius 3 is 2.41 bits per heavy atom. The first-order chi connectivity index (χ1) is 8.25. The molecular formula is C12H18N4O. The SMILES string of the molecule is NC(N)=NCc1ccc(N2CCOCC2)cc1. The second-order valence-corrected chi connectivity index (χ2v) is 4.01. The highest BCUT2D eigenvalue weighted by atomic mass is 16.5. The Kier molecular flexibility index (Phi) is 3.82. The summed E-state index contributed by atoms with van der Waals surface area (Å²) in [4.78, 5) is 6.29. The molecule has 0 spiro atoms. The van der Waals surface area contributed by atoms with E-state index in [1.807, 2.05) is 0 Å². The molecule has 0 amide bonds. The fourth-order valence-electron chi connectivity index (χ4n) is 1.82. The zero-order chi connectivity index (χ0) is 12.1. The number of nitrogens with two attached hydrogens (primary N) is 2. The van der Waals surface area contributed by atoms with E-state index >= 15 is 0 Å². The molecule has 0 aliphatic carbocycles. The van der Waals surface area contributed by atoms with Crippen LogP contribution in [0.4, 0.5) is 5.69 Å². The van der Waals surface area contributed by atoms with Crippen LogP contribution in [0.2, 0.25) is 0 Å². The van der Waals surface area contributed by atoms with E-state index in [0.717, 1.165) is 31.9 Å². The minimum Gasteiger partial charge on any atom is -0.378 e. The van der Waals surface area contributed by atoms with Crippen molar-refractivity contribution >= 4 is 11.6 Å². The maximum atomic E-state index is 5.32. The van der Waals surface area contributed by atoms with E-state index in [2.05, 4.69) is 34.2 Å². The van der Waals surface area contributed by atoms with Gasteiger partial charge in [0, 0.05) is 18.8 Å². The molecule has 1 aromatic carbocycles. The number of hydrogen-bond acceptors (Lipinski definition) is 3. The van der Waals surface area contributed by atoms with Crippen molar-refractivity contribution in [2.45, 2.75) is 6.54 Å². The molecule has 4 N–H and O–H groups in total. The quantitative estimate of drug-likeness (QED) is 0.582. The van der Waals surface area contributed by atoms with Gasteiger partial charge in [-0.15, -0.1) is 0 Å². The molecule has 0 radical (unpaired) electrons. The Hall–Kier alpha value is -1.75. The summed E-state index contributed by atoms with van der Waals surface area (Å²) in [6, 6.07) is 8.31. The Morgan fingerprint density at radius 1 is 1.18 bits per heavy atom. The minimum absolute atomic E-state index is 0.127. The Balaban J connectivity index is 1.99. The molecule has 0 saturated carbocycles. The summed E-state index contributed by atoms with van der Waals surface area (Å²) in [5.74, 6) is 0.127. The number of rotatable bonds is 3. The number of anilines is 1. The zero-order valence-corrected chi connectivity index (χ0v) is 9.80. The third kappa shape index (κ3) is 3.35. The van der Waals surface area contributed by atoms with Crippen molar-refractivity contribution < 1.29 is 4.74 Å². The summed E-state index contributed by atoms with van der Waals surface area (Å²) in [5.41, 5.74) is 12.9. The molecule has 5 nitrogen and oxygen atoms in total. The van der Waals surface area contributed by atoms with E-state index < -0.39 is 0 Å². The van der Waals surface area contributed by atoms with Crippen LogP contribution in [-0.4, -0.2) is 32.3 Å². The second kappa shape index (κ2) is 5.54. The highest BCUT2D eigenvalue weighted by Crippen LogP contribution is 2.16. The van der Waals surface area contributed by atoms with Gasteiger partial charge in [-0.05, 0) is 17.7 Å². The summed E-state index contributed by atoms with van der Waals surface area (Å²) in [6.07, 6.45) is 0. The fraction of sp³-hybridized carbons (Fsp3) is 0.417. The van der Waals surface area contributed by atoms with Crippen LogP contribution in [0.3, 0.4) is 0 Å². The molecule has 1 saturated heterocycles. The van der Waals surface area contributed by atoms with Crippen LogP contribution < -0.4 is 16.4 Å². The van der Waals surface area contributed by atoms with E-state index in [0.29, 0.717) is 6.54 Å². The van der Waals surface area contributed by atoms with Crippen LogP contribution in [-0.2, 0) is 11.3 Å². The van der Waals surface area contributed by atoms with Crippen LogP contribution in [0.15, 0.2) is 29.3 Å². The second-order valence-electron chi connectivity index (χ2n) is 4.01. The number of hydrogen-bond donors (Lipinski definition) is 2. The molecule has 2 rings (SSSR count). The number of aliphatic imine (C=N–C) groups is 1. The summed E-state index contributed by atoms with van der Waals surface area (Å²) < 4.78 is 5.32. The van der Waals surface area contributed by atoms with Gasteiger partial charge in [0.2, 0.25) is 0 Å². The lowest BCUT2D eigenvalue weighted by Crippen LogP contribution is -2.36. The lowest BCUT2D eigenvalue weighted by molar-refractivity contribution is 0.122. The smallest absolute Gasteiger partial charge is 0.186 e. The van der Waals surface area contributed by atoms with Gasteiger partial charge < -0.3 is 21.1 Å². The average Bonchev–Trinajstić information content (AvgIpc) is 2.38. The van der Waals surface area contributed by atoms with Gasteiger partial charge in [-0.25, -0.2) is 4.99 Å². The molecule has 1 aliphatic rings. The highest BCUT2D eigenvalue weighted by molar-refractivity contribution is 5.75. The zero-order valence-electron chi connectivity index (χ0n) is 9.80. The summed E-state index contributed by atoms with van der Waals surface area (Å²) >= 11 is 0. The molecule has 1 aromatic rings. The third-order valence-corrected chi connectivity index (χ3v) is 2.76. The summed E-state index contributed by atoms with van der Waals surface area (Å²) in [6.45, 7) is 4.04. The van der Waals surface area contributed by atoms with Gasteiger partial charge in [-0.1, -0.05) is 12.1 Å². The van der Waals surface area contributed by atoms with E-state index in [1.54, 1.807) is 0 Å².